The minimum absolute atomic E-state index is 0.0171. The normalized spacial score (nSPS) is 20.8. The van der Waals surface area contributed by atoms with Crippen LogP contribution in [-0.4, -0.2) is 27.9 Å². The van der Waals surface area contributed by atoms with E-state index in [-0.39, 0.29) is 11.0 Å². The van der Waals surface area contributed by atoms with Crippen molar-refractivity contribution in [2.75, 3.05) is 4.90 Å². The number of nitrogens with zero attached hydrogens (tertiary/aromatic N) is 1. The molecule has 0 spiro atoms. The van der Waals surface area contributed by atoms with Gasteiger partial charge in [-0.1, -0.05) is 111 Å². The van der Waals surface area contributed by atoms with Crippen molar-refractivity contribution >= 4 is 18.0 Å². The minimum Gasteiger partial charge on any atom is -0.338 e. The van der Waals surface area contributed by atoms with E-state index in [4.69, 9.17) is 0 Å². The number of rotatable bonds is 7. The van der Waals surface area contributed by atoms with Crippen molar-refractivity contribution in [2.45, 2.75) is 123 Å². The largest absolute Gasteiger partial charge is 0.338 e. The summed E-state index contributed by atoms with van der Waals surface area (Å²) in [5.41, 5.74) is 9.72. The van der Waals surface area contributed by atoms with Crippen LogP contribution in [0.3, 0.4) is 0 Å². The van der Waals surface area contributed by atoms with Crippen LogP contribution in [0.25, 0.3) is 0 Å². The maximum atomic E-state index is 2.91. The summed E-state index contributed by atoms with van der Waals surface area (Å²) in [6.45, 7) is 25.8. The molecule has 0 amide bonds. The van der Waals surface area contributed by atoms with E-state index in [1.807, 2.05) is 0 Å². The Kier molecular flexibility index (Phi) is 7.89. The summed E-state index contributed by atoms with van der Waals surface area (Å²) in [5.74, 6) is 0. The fourth-order valence-electron chi connectivity index (χ4n) is 7.63. The predicted octanol–water partition coefficient (Wildman–Crippen LogP) is 9.13. The van der Waals surface area contributed by atoms with E-state index in [9.17, 15) is 0 Å². The molecule has 1 nitrogen and oxygen atoms in total. The van der Waals surface area contributed by atoms with Crippen LogP contribution in [0.5, 0.6) is 0 Å². The Morgan fingerprint density at radius 1 is 0.735 bits per heavy atom. The van der Waals surface area contributed by atoms with Gasteiger partial charge in [-0.05, 0) is 73.7 Å². The van der Waals surface area contributed by atoms with Gasteiger partial charge in [0, 0.05) is 22.1 Å². The van der Waals surface area contributed by atoms with Crippen LogP contribution in [0.1, 0.15) is 99.3 Å². The molecule has 0 aliphatic carbocycles. The number of benzene rings is 2. The summed E-state index contributed by atoms with van der Waals surface area (Å²) in [4.78, 5) is 2.91. The Morgan fingerprint density at radius 2 is 1.21 bits per heavy atom. The van der Waals surface area contributed by atoms with Crippen molar-refractivity contribution < 1.29 is 0 Å². The van der Waals surface area contributed by atoms with Gasteiger partial charge in [0.25, 0.3) is 0 Å². The lowest BCUT2D eigenvalue weighted by molar-refractivity contribution is 0.454. The highest BCUT2D eigenvalue weighted by Gasteiger charge is 2.56. The van der Waals surface area contributed by atoms with E-state index in [0.29, 0.717) is 17.0 Å². The molecule has 2 aromatic rings. The van der Waals surface area contributed by atoms with Gasteiger partial charge in [0.05, 0.1) is 0 Å². The summed E-state index contributed by atoms with van der Waals surface area (Å²) < 4.78 is 0. The molecule has 0 radical (unpaired) electrons. The van der Waals surface area contributed by atoms with E-state index in [0.717, 1.165) is 19.3 Å². The SMILES string of the molecule is CCc1cccc(CC)c1N1C(=P(C(C)C)(C(C)C)C(C)C)C(C)(c2ccccc2)CC1(C)C. The Morgan fingerprint density at radius 3 is 1.62 bits per heavy atom. The third-order valence-corrected chi connectivity index (χ3v) is 15.2. The first kappa shape index (κ1) is 27.1. The topological polar surface area (TPSA) is 3.24 Å². The molecule has 1 heterocycles. The summed E-state index contributed by atoms with van der Waals surface area (Å²) >= 11 is 0. The summed E-state index contributed by atoms with van der Waals surface area (Å²) in [6, 6.07) is 18.5. The summed E-state index contributed by atoms with van der Waals surface area (Å²) in [6.07, 6.45) is 3.29. The first-order valence-corrected chi connectivity index (χ1v) is 15.6. The molecule has 3 rings (SSSR count). The van der Waals surface area contributed by atoms with Crippen LogP contribution < -0.4 is 4.90 Å². The molecule has 1 aliphatic heterocycles. The van der Waals surface area contributed by atoms with Crippen molar-refractivity contribution in [3.8, 4) is 0 Å². The van der Waals surface area contributed by atoms with E-state index in [1.165, 1.54) is 22.4 Å². The van der Waals surface area contributed by atoms with Gasteiger partial charge >= 0.3 is 0 Å². The first-order chi connectivity index (χ1) is 15.9. The molecular weight excluding hydrogens is 429 g/mol. The highest BCUT2D eigenvalue weighted by Crippen LogP contribution is 2.68. The molecule has 0 aromatic heterocycles. The van der Waals surface area contributed by atoms with Crippen LogP contribution in [-0.2, 0) is 18.3 Å². The van der Waals surface area contributed by atoms with Crippen LogP contribution >= 0.6 is 6.89 Å². The van der Waals surface area contributed by atoms with Crippen LogP contribution in [0.2, 0.25) is 0 Å². The fraction of sp³-hybridized carbons (Fsp3) is 0.594. The van der Waals surface area contributed by atoms with E-state index in [2.05, 4.69) is 130 Å². The van der Waals surface area contributed by atoms with Crippen molar-refractivity contribution in [2.24, 2.45) is 0 Å². The zero-order chi connectivity index (χ0) is 25.5. The van der Waals surface area contributed by atoms with E-state index in [1.54, 1.807) is 5.42 Å². The zero-order valence-electron chi connectivity index (χ0n) is 23.9. The van der Waals surface area contributed by atoms with E-state index < -0.39 is 6.89 Å². The maximum absolute atomic E-state index is 2.91. The number of para-hydroxylation sites is 1. The highest BCUT2D eigenvalue weighted by molar-refractivity contribution is 7.78. The fourth-order valence-corrected chi connectivity index (χ4v) is 14.5. The van der Waals surface area contributed by atoms with Gasteiger partial charge in [-0.2, -0.15) is 0 Å². The van der Waals surface area contributed by atoms with Gasteiger partial charge in [0.15, 0.2) is 0 Å². The van der Waals surface area contributed by atoms with E-state index >= 15 is 0 Å². The lowest BCUT2D eigenvalue weighted by Gasteiger charge is -2.49. The monoisotopic (exact) mass is 479 g/mol. The third kappa shape index (κ3) is 4.11. The molecule has 0 bridgehead atoms. The smallest absolute Gasteiger partial charge is 0.0478 e. The number of hydrogen-bond acceptors (Lipinski definition) is 0. The molecule has 188 valence electrons. The number of hydrogen-bond donors (Lipinski definition) is 0. The lowest BCUT2D eigenvalue weighted by atomic mass is 9.78. The van der Waals surface area contributed by atoms with Gasteiger partial charge < -0.3 is 4.90 Å². The highest BCUT2D eigenvalue weighted by atomic mass is 31.2. The van der Waals surface area contributed by atoms with Crippen LogP contribution in [0, 0.1) is 0 Å². The molecule has 1 unspecified atom stereocenters. The second-order valence-corrected chi connectivity index (χ2v) is 17.3. The van der Waals surface area contributed by atoms with Crippen molar-refractivity contribution in [3.05, 3.63) is 65.2 Å². The van der Waals surface area contributed by atoms with Gasteiger partial charge in [0.1, 0.15) is 0 Å². The molecular formula is C32H50NP. The Balaban J connectivity index is 2.62. The summed E-state index contributed by atoms with van der Waals surface area (Å²) in [7, 11) is 0. The molecule has 1 aliphatic rings. The summed E-state index contributed by atoms with van der Waals surface area (Å²) in [5, 5.41) is 0. The van der Waals surface area contributed by atoms with Crippen molar-refractivity contribution in [3.63, 3.8) is 0 Å². The Labute approximate surface area is 211 Å². The number of anilines is 1. The first-order valence-electron chi connectivity index (χ1n) is 13.6. The van der Waals surface area contributed by atoms with Crippen molar-refractivity contribution in [1.82, 2.24) is 0 Å². The minimum atomic E-state index is -1.57. The Bertz CT molecular complexity index is 993. The van der Waals surface area contributed by atoms with Gasteiger partial charge in [-0.3, -0.25) is 0 Å². The molecule has 1 fully saturated rings. The molecule has 2 heteroatoms. The Hall–Kier alpha value is -1.46. The van der Waals surface area contributed by atoms with Gasteiger partial charge in [-0.15, -0.1) is 0 Å². The lowest BCUT2D eigenvalue weighted by Crippen LogP contribution is -2.46. The predicted molar refractivity (Wildman–Crippen MR) is 158 cm³/mol. The number of aryl methyl sites for hydroxylation is 2. The molecule has 0 saturated carbocycles. The van der Waals surface area contributed by atoms with Gasteiger partial charge in [0.2, 0.25) is 0 Å². The zero-order valence-corrected chi connectivity index (χ0v) is 24.8. The quantitative estimate of drug-likeness (QED) is 0.358. The third-order valence-electron chi connectivity index (χ3n) is 8.63. The second kappa shape index (κ2) is 9.89. The van der Waals surface area contributed by atoms with Crippen LogP contribution in [0.4, 0.5) is 5.69 Å². The standard InChI is InChI=1S/C32H50NP/c1-12-26-18-17-19-27(13-2)29(26)33-30(34(23(3)4,24(5)6)25(7)8)32(11,22-31(33,9)10)28-20-15-14-16-21-28/h14-21,23-25H,12-13,22H2,1-11H3. The molecule has 1 atom stereocenters. The second-order valence-electron chi connectivity index (χ2n) is 12.1. The average molecular weight is 480 g/mol. The van der Waals surface area contributed by atoms with Crippen molar-refractivity contribution in [1.29, 1.82) is 0 Å². The van der Waals surface area contributed by atoms with Gasteiger partial charge in [-0.25, -0.2) is 0 Å². The molecule has 0 N–H and O–H groups in total. The molecule has 2 aromatic carbocycles. The molecule has 34 heavy (non-hydrogen) atoms. The maximum Gasteiger partial charge on any atom is 0.0478 e. The van der Waals surface area contributed by atoms with Crippen LogP contribution in [0.15, 0.2) is 48.5 Å². The molecule has 1 saturated heterocycles. The average Bonchev–Trinajstić information content (AvgIpc) is 2.99.